The largest absolute Gasteiger partial charge is 0.352 e. The van der Waals surface area contributed by atoms with Crippen molar-refractivity contribution in [3.8, 4) is 0 Å². The maximum absolute atomic E-state index is 12.3. The van der Waals surface area contributed by atoms with Crippen molar-refractivity contribution >= 4 is 16.9 Å². The Morgan fingerprint density at radius 1 is 1.35 bits per heavy atom. The number of rotatable bonds is 5. The predicted molar refractivity (Wildman–Crippen MR) is 93.6 cm³/mol. The van der Waals surface area contributed by atoms with Crippen molar-refractivity contribution in [2.75, 3.05) is 6.54 Å². The normalized spacial score (nSPS) is 15.0. The summed E-state index contributed by atoms with van der Waals surface area (Å²) in [5.41, 5.74) is 4.12. The van der Waals surface area contributed by atoms with E-state index in [1.54, 1.807) is 0 Å². The molecule has 0 atom stereocenters. The van der Waals surface area contributed by atoms with Crippen LogP contribution >= 0.6 is 0 Å². The van der Waals surface area contributed by atoms with E-state index in [2.05, 4.69) is 34.8 Å². The number of carbonyl (C=O) groups excluding carboxylic acids is 1. The van der Waals surface area contributed by atoms with Gasteiger partial charge in [-0.15, -0.1) is 0 Å². The summed E-state index contributed by atoms with van der Waals surface area (Å²) in [5.74, 6) is -0.0117. The van der Waals surface area contributed by atoms with Gasteiger partial charge >= 0.3 is 0 Å². The molecule has 2 aromatic rings. The van der Waals surface area contributed by atoms with Gasteiger partial charge in [-0.3, -0.25) is 4.79 Å². The minimum absolute atomic E-state index is 0.0117. The standard InChI is InChI=1S/C19H25N3O/c1-14(2)22-13-21-17-12-16(8-9-18(17)22)19(23)20-11-10-15-6-4-3-5-7-15/h6,8-9,12-14H,3-5,7,10-11H2,1-2H3,(H,20,23). The highest BCUT2D eigenvalue weighted by atomic mass is 16.1. The highest BCUT2D eigenvalue weighted by Gasteiger charge is 2.11. The first-order valence-electron chi connectivity index (χ1n) is 8.58. The zero-order valence-corrected chi connectivity index (χ0v) is 14.0. The number of nitrogens with one attached hydrogen (secondary N) is 1. The minimum atomic E-state index is -0.0117. The molecule has 1 aliphatic carbocycles. The molecule has 1 aliphatic rings. The van der Waals surface area contributed by atoms with Gasteiger partial charge in [0.05, 0.1) is 17.4 Å². The first-order valence-corrected chi connectivity index (χ1v) is 8.58. The van der Waals surface area contributed by atoms with E-state index in [0.717, 1.165) is 17.5 Å². The van der Waals surface area contributed by atoms with Gasteiger partial charge in [-0.1, -0.05) is 11.6 Å². The van der Waals surface area contributed by atoms with Crippen LogP contribution in [-0.2, 0) is 0 Å². The van der Waals surface area contributed by atoms with Gasteiger partial charge in [0.25, 0.3) is 5.91 Å². The third kappa shape index (κ3) is 3.63. The summed E-state index contributed by atoms with van der Waals surface area (Å²) in [5, 5.41) is 3.03. The topological polar surface area (TPSA) is 46.9 Å². The Bertz CT molecular complexity index is 727. The Labute approximate surface area is 137 Å². The van der Waals surface area contributed by atoms with Crippen molar-refractivity contribution in [2.45, 2.75) is 52.0 Å². The summed E-state index contributed by atoms with van der Waals surface area (Å²) in [4.78, 5) is 16.7. The van der Waals surface area contributed by atoms with E-state index >= 15 is 0 Å². The summed E-state index contributed by atoms with van der Waals surface area (Å²) in [7, 11) is 0. The molecule has 0 aliphatic heterocycles. The Hall–Kier alpha value is -2.10. The van der Waals surface area contributed by atoms with E-state index < -0.39 is 0 Å². The summed E-state index contributed by atoms with van der Waals surface area (Å²) in [6.07, 6.45) is 10.1. The lowest BCUT2D eigenvalue weighted by molar-refractivity contribution is 0.0954. The van der Waals surface area contributed by atoms with Crippen molar-refractivity contribution in [3.05, 3.63) is 41.7 Å². The number of carbonyl (C=O) groups is 1. The summed E-state index contributed by atoms with van der Waals surface area (Å²) in [6, 6.07) is 6.12. The van der Waals surface area contributed by atoms with Crippen LogP contribution in [0.25, 0.3) is 11.0 Å². The van der Waals surface area contributed by atoms with Crippen LogP contribution in [0.1, 0.15) is 62.4 Å². The van der Waals surface area contributed by atoms with E-state index in [4.69, 9.17) is 0 Å². The SMILES string of the molecule is CC(C)n1cnc2cc(C(=O)NCCC3=CCCCC3)ccc21. The molecule has 1 heterocycles. The van der Waals surface area contributed by atoms with Crippen LogP contribution in [0, 0.1) is 0 Å². The zero-order chi connectivity index (χ0) is 16.2. The van der Waals surface area contributed by atoms with Crippen molar-refractivity contribution in [1.82, 2.24) is 14.9 Å². The molecule has 0 saturated heterocycles. The van der Waals surface area contributed by atoms with Gasteiger partial charge in [0.2, 0.25) is 0 Å². The number of allylic oxidation sites excluding steroid dienone is 1. The number of benzene rings is 1. The van der Waals surface area contributed by atoms with E-state index in [1.165, 1.54) is 31.3 Å². The van der Waals surface area contributed by atoms with E-state index in [1.807, 2.05) is 24.5 Å². The highest BCUT2D eigenvalue weighted by molar-refractivity contribution is 5.97. The molecule has 0 fully saturated rings. The summed E-state index contributed by atoms with van der Waals surface area (Å²) in [6.45, 7) is 4.96. The molecule has 122 valence electrons. The van der Waals surface area contributed by atoms with Crippen LogP contribution in [-0.4, -0.2) is 22.0 Å². The molecule has 0 bridgehead atoms. The average molecular weight is 311 g/mol. The number of hydrogen-bond acceptors (Lipinski definition) is 2. The molecular weight excluding hydrogens is 286 g/mol. The number of nitrogens with zero attached hydrogens (tertiary/aromatic N) is 2. The van der Waals surface area contributed by atoms with Crippen molar-refractivity contribution in [1.29, 1.82) is 0 Å². The van der Waals surface area contributed by atoms with Crippen molar-refractivity contribution in [2.24, 2.45) is 0 Å². The van der Waals surface area contributed by atoms with Crippen LogP contribution in [0.15, 0.2) is 36.2 Å². The first kappa shape index (κ1) is 15.8. The molecule has 1 aromatic carbocycles. The number of imidazole rings is 1. The van der Waals surface area contributed by atoms with Gasteiger partial charge in [-0.05, 0) is 64.2 Å². The molecular formula is C19H25N3O. The van der Waals surface area contributed by atoms with E-state index in [9.17, 15) is 4.79 Å². The second kappa shape index (κ2) is 6.99. The lowest BCUT2D eigenvalue weighted by Crippen LogP contribution is -2.24. The summed E-state index contributed by atoms with van der Waals surface area (Å²) >= 11 is 0. The van der Waals surface area contributed by atoms with Crippen LogP contribution in [0.3, 0.4) is 0 Å². The fourth-order valence-electron chi connectivity index (χ4n) is 3.15. The second-order valence-electron chi connectivity index (χ2n) is 6.56. The van der Waals surface area contributed by atoms with Gasteiger partial charge in [-0.2, -0.15) is 0 Å². The van der Waals surface area contributed by atoms with Gasteiger partial charge < -0.3 is 9.88 Å². The number of aromatic nitrogens is 2. The fraction of sp³-hybridized carbons (Fsp3) is 0.474. The molecule has 23 heavy (non-hydrogen) atoms. The van der Waals surface area contributed by atoms with Gasteiger partial charge in [0, 0.05) is 18.2 Å². The average Bonchev–Trinajstić information content (AvgIpc) is 2.99. The lowest BCUT2D eigenvalue weighted by Gasteiger charge is -2.13. The number of fused-ring (bicyclic) bond motifs is 1. The van der Waals surface area contributed by atoms with Gasteiger partial charge in [0.15, 0.2) is 0 Å². The molecule has 0 spiro atoms. The smallest absolute Gasteiger partial charge is 0.251 e. The Kier molecular flexibility index (Phi) is 4.79. The molecule has 4 nitrogen and oxygen atoms in total. The maximum atomic E-state index is 12.3. The lowest BCUT2D eigenvalue weighted by atomic mass is 9.97. The monoisotopic (exact) mass is 311 g/mol. The van der Waals surface area contributed by atoms with Crippen LogP contribution in [0.4, 0.5) is 0 Å². The van der Waals surface area contributed by atoms with E-state index in [0.29, 0.717) is 18.2 Å². The Balaban J connectivity index is 1.63. The van der Waals surface area contributed by atoms with E-state index in [-0.39, 0.29) is 5.91 Å². The maximum Gasteiger partial charge on any atom is 0.251 e. The number of hydrogen-bond donors (Lipinski definition) is 1. The fourth-order valence-corrected chi connectivity index (χ4v) is 3.15. The quantitative estimate of drug-likeness (QED) is 0.840. The molecule has 0 unspecified atom stereocenters. The third-order valence-electron chi connectivity index (χ3n) is 4.51. The third-order valence-corrected chi connectivity index (χ3v) is 4.51. The van der Waals surface area contributed by atoms with Gasteiger partial charge in [0.1, 0.15) is 0 Å². The Morgan fingerprint density at radius 3 is 2.96 bits per heavy atom. The Morgan fingerprint density at radius 2 is 2.22 bits per heavy atom. The minimum Gasteiger partial charge on any atom is -0.352 e. The highest BCUT2D eigenvalue weighted by Crippen LogP contribution is 2.20. The predicted octanol–water partition coefficient (Wildman–Crippen LogP) is 4.24. The molecule has 3 rings (SSSR count). The van der Waals surface area contributed by atoms with Gasteiger partial charge in [-0.25, -0.2) is 4.98 Å². The van der Waals surface area contributed by atoms with Crippen molar-refractivity contribution < 1.29 is 4.79 Å². The molecule has 4 heteroatoms. The molecule has 0 saturated carbocycles. The molecule has 1 amide bonds. The molecule has 0 radical (unpaired) electrons. The molecule has 1 aromatic heterocycles. The van der Waals surface area contributed by atoms with Crippen LogP contribution < -0.4 is 5.32 Å². The molecule has 1 N–H and O–H groups in total. The zero-order valence-electron chi connectivity index (χ0n) is 14.0. The van der Waals surface area contributed by atoms with Crippen molar-refractivity contribution in [3.63, 3.8) is 0 Å². The second-order valence-corrected chi connectivity index (χ2v) is 6.56. The number of amides is 1. The van der Waals surface area contributed by atoms with Crippen LogP contribution in [0.5, 0.6) is 0 Å². The summed E-state index contributed by atoms with van der Waals surface area (Å²) < 4.78 is 2.12. The van der Waals surface area contributed by atoms with Crippen LogP contribution in [0.2, 0.25) is 0 Å². The first-order chi connectivity index (χ1) is 11.1.